The molecule has 0 bridgehead atoms. The van der Waals surface area contributed by atoms with E-state index in [1.165, 1.54) is 11.1 Å². The van der Waals surface area contributed by atoms with Gasteiger partial charge in [-0.1, -0.05) is 13.0 Å². The van der Waals surface area contributed by atoms with Crippen molar-refractivity contribution in [2.45, 2.75) is 25.7 Å². The van der Waals surface area contributed by atoms with Crippen LogP contribution in [0.1, 0.15) is 30.6 Å². The van der Waals surface area contributed by atoms with E-state index in [9.17, 15) is 8.42 Å². The van der Waals surface area contributed by atoms with Crippen LogP contribution in [0.15, 0.2) is 22.5 Å². The average molecular weight is 500 g/mol. The van der Waals surface area contributed by atoms with Gasteiger partial charge in [-0.05, 0) is 30.2 Å². The molecule has 144 valence electrons. The van der Waals surface area contributed by atoms with Crippen molar-refractivity contribution in [2.24, 2.45) is 10.9 Å². The Morgan fingerprint density at radius 1 is 1.40 bits per heavy atom. The Labute approximate surface area is 172 Å². The fraction of sp³-hybridized carbons (Fsp3) is 0.688. The third-order valence-electron chi connectivity index (χ3n) is 4.43. The van der Waals surface area contributed by atoms with Gasteiger partial charge in [0.25, 0.3) is 0 Å². The third kappa shape index (κ3) is 7.40. The molecule has 2 N–H and O–H groups in total. The van der Waals surface area contributed by atoms with Crippen molar-refractivity contribution >= 4 is 51.3 Å². The molecule has 1 aliphatic heterocycles. The molecule has 0 saturated carbocycles. The molecule has 1 aliphatic rings. The fourth-order valence-corrected chi connectivity index (χ4v) is 4.49. The standard InChI is InChI=1S/C16H28N4O2S2.HI/c1-13(15-5-4-10-23-15)11-18-16(17-2)19-12-14-6-8-20(9-7-14)24(3,21)22;/h4-5,10,13-14H,6-9,11-12H2,1-3H3,(H2,17,18,19);1H. The van der Waals surface area contributed by atoms with E-state index >= 15 is 0 Å². The lowest BCUT2D eigenvalue weighted by Gasteiger charge is -2.30. The summed E-state index contributed by atoms with van der Waals surface area (Å²) >= 11 is 1.77. The molecule has 9 heteroatoms. The maximum Gasteiger partial charge on any atom is 0.211 e. The molecule has 2 heterocycles. The number of guanidine groups is 1. The summed E-state index contributed by atoms with van der Waals surface area (Å²) in [7, 11) is -1.27. The van der Waals surface area contributed by atoms with Crippen molar-refractivity contribution in [1.29, 1.82) is 0 Å². The van der Waals surface area contributed by atoms with Crippen LogP contribution in [0.4, 0.5) is 0 Å². The van der Waals surface area contributed by atoms with Crippen LogP contribution < -0.4 is 10.6 Å². The number of aliphatic imine (C=N–C) groups is 1. The highest BCUT2D eigenvalue weighted by Crippen LogP contribution is 2.20. The van der Waals surface area contributed by atoms with Crippen molar-refractivity contribution in [3.8, 4) is 0 Å². The summed E-state index contributed by atoms with van der Waals surface area (Å²) in [5, 5.41) is 8.84. The van der Waals surface area contributed by atoms with E-state index in [0.29, 0.717) is 24.9 Å². The first-order chi connectivity index (χ1) is 11.4. The molecule has 0 aliphatic carbocycles. The second-order valence-corrected chi connectivity index (χ2v) is 9.32. The number of sulfonamides is 1. The van der Waals surface area contributed by atoms with Crippen LogP contribution >= 0.6 is 35.3 Å². The Kier molecular flexibility index (Phi) is 9.68. The lowest BCUT2D eigenvalue weighted by atomic mass is 9.98. The number of hydrogen-bond acceptors (Lipinski definition) is 4. The summed E-state index contributed by atoms with van der Waals surface area (Å²) < 4.78 is 24.6. The van der Waals surface area contributed by atoms with Gasteiger partial charge in [0.2, 0.25) is 10.0 Å². The molecular weight excluding hydrogens is 471 g/mol. The highest BCUT2D eigenvalue weighted by molar-refractivity contribution is 14.0. The monoisotopic (exact) mass is 500 g/mol. The maximum atomic E-state index is 11.5. The van der Waals surface area contributed by atoms with Gasteiger partial charge in [-0.25, -0.2) is 12.7 Å². The van der Waals surface area contributed by atoms with Gasteiger partial charge >= 0.3 is 0 Å². The zero-order valence-corrected chi connectivity index (χ0v) is 19.0. The molecule has 2 rings (SSSR count). The van der Waals surface area contributed by atoms with Crippen LogP contribution in [0.3, 0.4) is 0 Å². The number of rotatable bonds is 6. The molecule has 25 heavy (non-hydrogen) atoms. The van der Waals surface area contributed by atoms with Gasteiger partial charge in [-0.2, -0.15) is 0 Å². The van der Waals surface area contributed by atoms with E-state index in [0.717, 1.165) is 31.9 Å². The number of piperidine rings is 1. The van der Waals surface area contributed by atoms with E-state index in [2.05, 4.69) is 40.1 Å². The quantitative estimate of drug-likeness (QED) is 0.357. The Morgan fingerprint density at radius 2 is 2.08 bits per heavy atom. The van der Waals surface area contributed by atoms with Gasteiger partial charge in [-0.15, -0.1) is 35.3 Å². The van der Waals surface area contributed by atoms with Gasteiger partial charge in [0.05, 0.1) is 6.26 Å². The smallest absolute Gasteiger partial charge is 0.211 e. The van der Waals surface area contributed by atoms with Crippen LogP contribution in [-0.4, -0.2) is 58.2 Å². The minimum atomic E-state index is -3.05. The minimum Gasteiger partial charge on any atom is -0.356 e. The summed E-state index contributed by atoms with van der Waals surface area (Å²) in [4.78, 5) is 5.64. The summed E-state index contributed by atoms with van der Waals surface area (Å²) in [6, 6.07) is 4.23. The molecule has 1 aromatic heterocycles. The van der Waals surface area contributed by atoms with E-state index in [1.54, 1.807) is 22.7 Å². The molecular formula is C16H29IN4O2S2. The van der Waals surface area contributed by atoms with Crippen molar-refractivity contribution < 1.29 is 8.42 Å². The van der Waals surface area contributed by atoms with E-state index in [1.807, 2.05) is 0 Å². The number of halogens is 1. The topological polar surface area (TPSA) is 73.8 Å². The molecule has 1 fully saturated rings. The Bertz CT molecular complexity index is 627. The number of thiophene rings is 1. The second-order valence-electron chi connectivity index (χ2n) is 6.36. The van der Waals surface area contributed by atoms with Gasteiger partial charge in [-0.3, -0.25) is 4.99 Å². The molecule has 1 aromatic rings. The number of hydrogen-bond donors (Lipinski definition) is 2. The maximum absolute atomic E-state index is 11.5. The van der Waals surface area contributed by atoms with Gasteiger partial charge in [0, 0.05) is 44.0 Å². The normalized spacial score (nSPS) is 18.4. The summed E-state index contributed by atoms with van der Waals surface area (Å²) in [5.74, 6) is 1.74. The van der Waals surface area contributed by atoms with Crippen LogP contribution in [0.5, 0.6) is 0 Å². The van der Waals surface area contributed by atoms with E-state index < -0.39 is 10.0 Å². The zero-order valence-electron chi connectivity index (χ0n) is 15.1. The van der Waals surface area contributed by atoms with Crippen molar-refractivity contribution in [3.05, 3.63) is 22.4 Å². The van der Waals surface area contributed by atoms with Gasteiger partial charge < -0.3 is 10.6 Å². The minimum absolute atomic E-state index is 0. The lowest BCUT2D eigenvalue weighted by Crippen LogP contribution is -2.44. The first-order valence-corrected chi connectivity index (χ1v) is 11.1. The first-order valence-electron chi connectivity index (χ1n) is 8.33. The molecule has 0 amide bonds. The van der Waals surface area contributed by atoms with E-state index in [4.69, 9.17) is 0 Å². The number of nitrogens with one attached hydrogen (secondary N) is 2. The number of nitrogens with zero attached hydrogens (tertiary/aromatic N) is 2. The van der Waals surface area contributed by atoms with Crippen molar-refractivity contribution in [3.63, 3.8) is 0 Å². The van der Waals surface area contributed by atoms with Crippen molar-refractivity contribution in [2.75, 3.05) is 39.5 Å². The van der Waals surface area contributed by atoms with Crippen LogP contribution in [0.2, 0.25) is 0 Å². The predicted octanol–water partition coefficient (Wildman–Crippen LogP) is 2.31. The average Bonchev–Trinajstić information content (AvgIpc) is 3.09. The van der Waals surface area contributed by atoms with Crippen LogP contribution in [-0.2, 0) is 10.0 Å². The molecule has 0 spiro atoms. The molecule has 0 aromatic carbocycles. The van der Waals surface area contributed by atoms with Crippen LogP contribution in [0, 0.1) is 5.92 Å². The highest BCUT2D eigenvalue weighted by Gasteiger charge is 2.24. The van der Waals surface area contributed by atoms with Crippen LogP contribution in [0.25, 0.3) is 0 Å². The predicted molar refractivity (Wildman–Crippen MR) is 117 cm³/mol. The molecule has 1 saturated heterocycles. The molecule has 1 unspecified atom stereocenters. The second kappa shape index (κ2) is 10.7. The van der Waals surface area contributed by atoms with Gasteiger partial charge in [0.1, 0.15) is 0 Å². The zero-order chi connectivity index (χ0) is 17.6. The first kappa shape index (κ1) is 22.7. The highest BCUT2D eigenvalue weighted by atomic mass is 127. The Balaban J connectivity index is 0.00000312. The summed E-state index contributed by atoms with van der Waals surface area (Å²) in [6.45, 7) is 5.10. The SMILES string of the molecule is CN=C(NCC1CCN(S(C)(=O)=O)CC1)NCC(C)c1cccs1.I. The summed E-state index contributed by atoms with van der Waals surface area (Å²) in [5.41, 5.74) is 0. The molecule has 0 radical (unpaired) electrons. The lowest BCUT2D eigenvalue weighted by molar-refractivity contribution is 0.275. The van der Waals surface area contributed by atoms with Crippen molar-refractivity contribution in [1.82, 2.24) is 14.9 Å². The van der Waals surface area contributed by atoms with Gasteiger partial charge in [0.15, 0.2) is 5.96 Å². The summed E-state index contributed by atoms with van der Waals surface area (Å²) in [6.07, 6.45) is 3.07. The Morgan fingerprint density at radius 3 is 2.60 bits per heavy atom. The fourth-order valence-electron chi connectivity index (χ4n) is 2.83. The Hall–Kier alpha value is -0.390. The molecule has 6 nitrogen and oxygen atoms in total. The molecule has 1 atom stereocenters. The largest absolute Gasteiger partial charge is 0.356 e. The third-order valence-corrected chi connectivity index (χ3v) is 6.84. The van der Waals surface area contributed by atoms with E-state index in [-0.39, 0.29) is 24.0 Å².